The molecule has 1 atom stereocenters. The SMILES string of the molecule is C/C=C/C(=O)OCCN(C)CC(C)O. The molecule has 0 fully saturated rings. The summed E-state index contributed by atoms with van der Waals surface area (Å²) in [5.41, 5.74) is 0. The van der Waals surface area contributed by atoms with Crippen LogP contribution in [0.25, 0.3) is 0 Å². The Morgan fingerprint density at radius 1 is 1.64 bits per heavy atom. The second-order valence-electron chi connectivity index (χ2n) is 3.28. The van der Waals surface area contributed by atoms with E-state index >= 15 is 0 Å². The largest absolute Gasteiger partial charge is 0.461 e. The molecule has 0 aliphatic carbocycles. The van der Waals surface area contributed by atoms with Crippen molar-refractivity contribution in [2.75, 3.05) is 26.7 Å². The lowest BCUT2D eigenvalue weighted by atomic mass is 10.4. The topological polar surface area (TPSA) is 49.8 Å². The van der Waals surface area contributed by atoms with Crippen molar-refractivity contribution >= 4 is 5.97 Å². The van der Waals surface area contributed by atoms with E-state index in [1.165, 1.54) is 6.08 Å². The minimum absolute atomic E-state index is 0.321. The smallest absolute Gasteiger partial charge is 0.330 e. The monoisotopic (exact) mass is 201 g/mol. The van der Waals surface area contributed by atoms with Gasteiger partial charge in [-0.05, 0) is 20.9 Å². The summed E-state index contributed by atoms with van der Waals surface area (Å²) >= 11 is 0. The first kappa shape index (κ1) is 13.1. The highest BCUT2D eigenvalue weighted by Gasteiger charge is 2.03. The van der Waals surface area contributed by atoms with Crippen LogP contribution in [0.5, 0.6) is 0 Å². The summed E-state index contributed by atoms with van der Waals surface area (Å²) < 4.78 is 4.89. The molecule has 0 spiro atoms. The number of rotatable bonds is 6. The van der Waals surface area contributed by atoms with Crippen LogP contribution in [0.3, 0.4) is 0 Å². The number of aliphatic hydroxyl groups excluding tert-OH is 1. The first-order valence-corrected chi connectivity index (χ1v) is 4.72. The molecule has 0 aromatic rings. The number of carbonyl (C=O) groups excluding carboxylic acids is 1. The number of likely N-dealkylation sites (N-methyl/N-ethyl adjacent to an activating group) is 1. The van der Waals surface area contributed by atoms with Crippen LogP contribution in [0.4, 0.5) is 0 Å². The molecular formula is C10H19NO3. The Hall–Kier alpha value is -0.870. The van der Waals surface area contributed by atoms with Crippen LogP contribution in [-0.2, 0) is 9.53 Å². The number of ether oxygens (including phenoxy) is 1. The summed E-state index contributed by atoms with van der Waals surface area (Å²) in [7, 11) is 1.87. The molecule has 0 radical (unpaired) electrons. The Kier molecular flexibility index (Phi) is 7.06. The standard InChI is InChI=1S/C10H19NO3/c1-4-5-10(13)14-7-6-11(3)8-9(2)12/h4-5,9,12H,6-8H2,1-3H3/b5-4+. The summed E-state index contributed by atoms with van der Waals surface area (Å²) in [6.45, 7) is 5.06. The fourth-order valence-electron chi connectivity index (χ4n) is 1.03. The molecule has 0 aromatic heterocycles. The van der Waals surface area contributed by atoms with Gasteiger partial charge in [-0.2, -0.15) is 0 Å². The van der Waals surface area contributed by atoms with E-state index in [0.29, 0.717) is 19.7 Å². The number of hydrogen-bond acceptors (Lipinski definition) is 4. The second-order valence-corrected chi connectivity index (χ2v) is 3.28. The van der Waals surface area contributed by atoms with Crippen molar-refractivity contribution in [3.8, 4) is 0 Å². The molecule has 4 heteroatoms. The van der Waals surface area contributed by atoms with Crippen molar-refractivity contribution in [2.45, 2.75) is 20.0 Å². The molecule has 0 bridgehead atoms. The van der Waals surface area contributed by atoms with Gasteiger partial charge in [-0.15, -0.1) is 0 Å². The van der Waals surface area contributed by atoms with Gasteiger partial charge in [0.15, 0.2) is 0 Å². The zero-order valence-corrected chi connectivity index (χ0v) is 9.06. The van der Waals surface area contributed by atoms with Gasteiger partial charge in [0.25, 0.3) is 0 Å². The third kappa shape index (κ3) is 7.76. The average molecular weight is 201 g/mol. The molecular weight excluding hydrogens is 182 g/mol. The summed E-state index contributed by atoms with van der Waals surface area (Å²) in [5.74, 6) is -0.321. The quantitative estimate of drug-likeness (QED) is 0.500. The number of aliphatic hydroxyl groups is 1. The molecule has 0 rings (SSSR count). The molecule has 4 nitrogen and oxygen atoms in total. The van der Waals surface area contributed by atoms with Gasteiger partial charge in [-0.1, -0.05) is 6.08 Å². The molecule has 0 aliphatic heterocycles. The molecule has 0 heterocycles. The van der Waals surface area contributed by atoms with E-state index in [0.717, 1.165) is 0 Å². The molecule has 1 N–H and O–H groups in total. The predicted octanol–water partition coefficient (Wildman–Crippen LogP) is 0.418. The van der Waals surface area contributed by atoms with Crippen molar-refractivity contribution < 1.29 is 14.6 Å². The number of allylic oxidation sites excluding steroid dienone is 1. The predicted molar refractivity (Wildman–Crippen MR) is 55.0 cm³/mol. The van der Waals surface area contributed by atoms with Gasteiger partial charge in [0.2, 0.25) is 0 Å². The van der Waals surface area contributed by atoms with Crippen LogP contribution in [0, 0.1) is 0 Å². The van der Waals surface area contributed by atoms with E-state index < -0.39 is 0 Å². The van der Waals surface area contributed by atoms with E-state index in [9.17, 15) is 4.79 Å². The minimum atomic E-state index is -0.355. The molecule has 14 heavy (non-hydrogen) atoms. The molecule has 1 unspecified atom stereocenters. The maximum atomic E-state index is 10.9. The lowest BCUT2D eigenvalue weighted by Crippen LogP contribution is -2.30. The highest BCUT2D eigenvalue weighted by Crippen LogP contribution is 1.89. The van der Waals surface area contributed by atoms with Gasteiger partial charge in [0.05, 0.1) is 6.10 Å². The summed E-state index contributed by atoms with van der Waals surface area (Å²) in [5, 5.41) is 9.05. The minimum Gasteiger partial charge on any atom is -0.461 e. The lowest BCUT2D eigenvalue weighted by Gasteiger charge is -2.17. The maximum absolute atomic E-state index is 10.9. The van der Waals surface area contributed by atoms with E-state index in [1.54, 1.807) is 19.9 Å². The molecule has 0 saturated carbocycles. The van der Waals surface area contributed by atoms with Gasteiger partial charge < -0.3 is 14.7 Å². The average Bonchev–Trinajstić information content (AvgIpc) is 2.02. The first-order valence-electron chi connectivity index (χ1n) is 4.72. The fourth-order valence-corrected chi connectivity index (χ4v) is 1.03. The Balaban J connectivity index is 3.48. The zero-order valence-electron chi connectivity index (χ0n) is 9.06. The summed E-state index contributed by atoms with van der Waals surface area (Å²) in [6.07, 6.45) is 2.67. The van der Waals surface area contributed by atoms with Gasteiger partial charge in [-0.25, -0.2) is 4.79 Å². The highest BCUT2D eigenvalue weighted by atomic mass is 16.5. The molecule has 0 aromatic carbocycles. The van der Waals surface area contributed by atoms with Crippen molar-refractivity contribution in [2.24, 2.45) is 0 Å². The zero-order chi connectivity index (χ0) is 11.0. The summed E-state index contributed by atoms with van der Waals surface area (Å²) in [4.78, 5) is 12.8. The van der Waals surface area contributed by atoms with E-state index in [-0.39, 0.29) is 12.1 Å². The van der Waals surface area contributed by atoms with Crippen LogP contribution in [0.15, 0.2) is 12.2 Å². The molecule has 82 valence electrons. The van der Waals surface area contributed by atoms with Crippen molar-refractivity contribution in [1.29, 1.82) is 0 Å². The van der Waals surface area contributed by atoms with Crippen molar-refractivity contribution in [3.05, 3.63) is 12.2 Å². The van der Waals surface area contributed by atoms with Gasteiger partial charge in [0, 0.05) is 19.2 Å². The normalized spacial score (nSPS) is 13.5. The second kappa shape index (κ2) is 7.53. The third-order valence-corrected chi connectivity index (χ3v) is 1.60. The first-order chi connectivity index (χ1) is 6.56. The summed E-state index contributed by atoms with van der Waals surface area (Å²) in [6, 6.07) is 0. The lowest BCUT2D eigenvalue weighted by molar-refractivity contribution is -0.138. The highest BCUT2D eigenvalue weighted by molar-refractivity contribution is 5.81. The van der Waals surface area contributed by atoms with Gasteiger partial charge in [-0.3, -0.25) is 0 Å². The van der Waals surface area contributed by atoms with Gasteiger partial charge in [0.1, 0.15) is 6.61 Å². The van der Waals surface area contributed by atoms with Crippen LogP contribution in [0.1, 0.15) is 13.8 Å². The van der Waals surface area contributed by atoms with Crippen LogP contribution >= 0.6 is 0 Å². The van der Waals surface area contributed by atoms with Crippen molar-refractivity contribution in [3.63, 3.8) is 0 Å². The van der Waals surface area contributed by atoms with Gasteiger partial charge >= 0.3 is 5.97 Å². The Labute approximate surface area is 85.2 Å². The number of hydrogen-bond donors (Lipinski definition) is 1. The maximum Gasteiger partial charge on any atom is 0.330 e. The van der Waals surface area contributed by atoms with Crippen LogP contribution < -0.4 is 0 Å². The Morgan fingerprint density at radius 2 is 2.29 bits per heavy atom. The van der Waals surface area contributed by atoms with Crippen LogP contribution in [0.2, 0.25) is 0 Å². The Morgan fingerprint density at radius 3 is 2.79 bits per heavy atom. The molecule has 0 amide bonds. The van der Waals surface area contributed by atoms with Crippen molar-refractivity contribution in [1.82, 2.24) is 4.90 Å². The van der Waals surface area contributed by atoms with E-state index in [1.807, 2.05) is 11.9 Å². The van der Waals surface area contributed by atoms with E-state index in [2.05, 4.69) is 0 Å². The molecule has 0 saturated heterocycles. The number of carbonyl (C=O) groups is 1. The third-order valence-electron chi connectivity index (χ3n) is 1.60. The van der Waals surface area contributed by atoms with Crippen LogP contribution in [-0.4, -0.2) is 48.8 Å². The fraction of sp³-hybridized carbons (Fsp3) is 0.700. The Bertz CT molecular complexity index is 190. The molecule has 0 aliphatic rings. The number of nitrogens with zero attached hydrogens (tertiary/aromatic N) is 1. The number of esters is 1. The van der Waals surface area contributed by atoms with E-state index in [4.69, 9.17) is 9.84 Å².